The van der Waals surface area contributed by atoms with Crippen LogP contribution in [0.5, 0.6) is 0 Å². The van der Waals surface area contributed by atoms with Gasteiger partial charge in [0.2, 0.25) is 0 Å². The summed E-state index contributed by atoms with van der Waals surface area (Å²) in [7, 11) is 0. The fourth-order valence-corrected chi connectivity index (χ4v) is 4.54. The van der Waals surface area contributed by atoms with E-state index >= 15 is 0 Å². The molecule has 0 fully saturated rings. The van der Waals surface area contributed by atoms with Gasteiger partial charge >= 0.3 is 0 Å². The van der Waals surface area contributed by atoms with Crippen molar-refractivity contribution in [2.24, 2.45) is 0 Å². The first-order valence-corrected chi connectivity index (χ1v) is 10.7. The summed E-state index contributed by atoms with van der Waals surface area (Å²) in [4.78, 5) is 9.73. The average molecular weight is 425 g/mol. The monoisotopic (exact) mass is 424 g/mol. The van der Waals surface area contributed by atoms with E-state index in [1.54, 1.807) is 35.5 Å². The molecule has 0 saturated heterocycles. The zero-order valence-corrected chi connectivity index (χ0v) is 16.8. The number of hydrogen-bond donors (Lipinski definition) is 0. The number of fused-ring (bicyclic) bond motifs is 1. The molecule has 4 heterocycles. The van der Waals surface area contributed by atoms with Crippen molar-refractivity contribution in [1.29, 1.82) is 0 Å². The topological polar surface area (TPSA) is 60.9 Å². The van der Waals surface area contributed by atoms with E-state index in [4.69, 9.17) is 11.6 Å². The minimum atomic E-state index is 0.689. The first-order valence-electron chi connectivity index (χ1n) is 8.43. The Morgan fingerprint density at radius 2 is 1.86 bits per heavy atom. The molecular formula is C19H13ClN6S2. The minimum absolute atomic E-state index is 0.689. The van der Waals surface area contributed by atoms with Crippen molar-refractivity contribution in [2.75, 3.05) is 0 Å². The Hall–Kier alpha value is -2.68. The van der Waals surface area contributed by atoms with Gasteiger partial charge in [-0.25, -0.2) is 4.98 Å². The Kier molecular flexibility index (Phi) is 4.59. The lowest BCUT2D eigenvalue weighted by Gasteiger charge is -2.10. The summed E-state index contributed by atoms with van der Waals surface area (Å²) in [6.45, 7) is 0. The summed E-state index contributed by atoms with van der Waals surface area (Å²) in [5.41, 5.74) is 2.91. The third-order valence-electron chi connectivity index (χ3n) is 4.15. The predicted molar refractivity (Wildman–Crippen MR) is 112 cm³/mol. The molecule has 1 aromatic carbocycles. The quantitative estimate of drug-likeness (QED) is 0.372. The molecule has 28 heavy (non-hydrogen) atoms. The highest BCUT2D eigenvalue weighted by molar-refractivity contribution is 7.98. The lowest BCUT2D eigenvalue weighted by molar-refractivity contribution is 0.885. The largest absolute Gasteiger partial charge is 0.297 e. The van der Waals surface area contributed by atoms with Crippen molar-refractivity contribution in [3.05, 3.63) is 77.3 Å². The van der Waals surface area contributed by atoms with Crippen LogP contribution in [0.25, 0.3) is 22.0 Å². The fourth-order valence-electron chi connectivity index (χ4n) is 2.86. The number of imidazole rings is 1. The molecule has 0 atom stereocenters. The second kappa shape index (κ2) is 7.38. The van der Waals surface area contributed by atoms with Crippen LogP contribution in [-0.4, -0.2) is 29.1 Å². The van der Waals surface area contributed by atoms with E-state index in [1.165, 1.54) is 0 Å². The second-order valence-electron chi connectivity index (χ2n) is 5.97. The SMILES string of the molecule is Clc1ccc(-n2c(SCc3cn4ccsc4n3)nnc2-c2ccncc2)cc1. The molecule has 9 heteroatoms. The van der Waals surface area contributed by atoms with Gasteiger partial charge in [0, 0.05) is 52.2 Å². The molecule has 0 radical (unpaired) electrons. The van der Waals surface area contributed by atoms with Crippen LogP contribution >= 0.6 is 34.7 Å². The van der Waals surface area contributed by atoms with Crippen LogP contribution in [0.4, 0.5) is 0 Å². The smallest absolute Gasteiger partial charge is 0.196 e. The minimum Gasteiger partial charge on any atom is -0.297 e. The van der Waals surface area contributed by atoms with Gasteiger partial charge in [-0.2, -0.15) is 0 Å². The van der Waals surface area contributed by atoms with Crippen LogP contribution in [-0.2, 0) is 5.75 Å². The molecule has 0 bridgehead atoms. The molecule has 138 valence electrons. The Morgan fingerprint density at radius 3 is 2.64 bits per heavy atom. The van der Waals surface area contributed by atoms with Gasteiger partial charge in [0.25, 0.3) is 0 Å². The summed E-state index contributed by atoms with van der Waals surface area (Å²) < 4.78 is 4.07. The van der Waals surface area contributed by atoms with E-state index < -0.39 is 0 Å². The van der Waals surface area contributed by atoms with E-state index in [9.17, 15) is 0 Å². The van der Waals surface area contributed by atoms with Crippen molar-refractivity contribution in [3.63, 3.8) is 0 Å². The maximum Gasteiger partial charge on any atom is 0.196 e. The van der Waals surface area contributed by atoms with Gasteiger partial charge in [0.15, 0.2) is 15.9 Å². The number of pyridine rings is 1. The summed E-state index contributed by atoms with van der Waals surface area (Å²) in [5.74, 6) is 1.47. The first-order chi connectivity index (χ1) is 13.8. The molecule has 5 rings (SSSR count). The molecule has 0 aliphatic carbocycles. The van der Waals surface area contributed by atoms with E-state index in [2.05, 4.69) is 20.2 Å². The van der Waals surface area contributed by atoms with Crippen LogP contribution < -0.4 is 0 Å². The van der Waals surface area contributed by atoms with Crippen LogP contribution in [0.2, 0.25) is 5.02 Å². The molecule has 0 saturated carbocycles. The highest BCUT2D eigenvalue weighted by atomic mass is 35.5. The maximum absolute atomic E-state index is 6.08. The molecule has 6 nitrogen and oxygen atoms in total. The second-order valence-corrected chi connectivity index (χ2v) is 8.22. The highest BCUT2D eigenvalue weighted by Crippen LogP contribution is 2.30. The van der Waals surface area contributed by atoms with Gasteiger partial charge in [0.1, 0.15) is 0 Å². The van der Waals surface area contributed by atoms with Crippen molar-refractivity contribution < 1.29 is 0 Å². The zero-order chi connectivity index (χ0) is 18.9. The normalized spacial score (nSPS) is 11.3. The number of thioether (sulfide) groups is 1. The molecule has 0 aliphatic rings. The lowest BCUT2D eigenvalue weighted by atomic mass is 10.2. The molecular weight excluding hydrogens is 412 g/mol. The first kappa shape index (κ1) is 17.4. The summed E-state index contributed by atoms with van der Waals surface area (Å²) >= 11 is 9.30. The number of rotatable bonds is 5. The van der Waals surface area contributed by atoms with Gasteiger partial charge < -0.3 is 0 Å². The Bertz CT molecular complexity index is 1200. The van der Waals surface area contributed by atoms with Gasteiger partial charge in [-0.1, -0.05) is 23.4 Å². The Labute approximate surface area is 173 Å². The average Bonchev–Trinajstić information content (AvgIpc) is 3.42. The van der Waals surface area contributed by atoms with Crippen molar-refractivity contribution in [3.8, 4) is 17.1 Å². The Morgan fingerprint density at radius 1 is 1.04 bits per heavy atom. The number of benzene rings is 1. The molecule has 0 amide bonds. The third-order valence-corrected chi connectivity index (χ3v) is 6.13. The van der Waals surface area contributed by atoms with Gasteiger partial charge in [0.05, 0.1) is 5.69 Å². The van der Waals surface area contributed by atoms with Crippen LogP contribution in [0.3, 0.4) is 0 Å². The van der Waals surface area contributed by atoms with Crippen molar-refractivity contribution in [2.45, 2.75) is 10.9 Å². The predicted octanol–water partition coefficient (Wildman–Crippen LogP) is 4.98. The molecule has 0 unspecified atom stereocenters. The van der Waals surface area contributed by atoms with Gasteiger partial charge in [-0.05, 0) is 36.4 Å². The van der Waals surface area contributed by atoms with Crippen molar-refractivity contribution >= 4 is 39.7 Å². The van der Waals surface area contributed by atoms with E-state index in [1.807, 2.05) is 63.1 Å². The molecule has 0 aliphatic heterocycles. The summed E-state index contributed by atoms with van der Waals surface area (Å²) in [6.07, 6.45) is 7.56. The fraction of sp³-hybridized carbons (Fsp3) is 0.0526. The number of aromatic nitrogens is 6. The van der Waals surface area contributed by atoms with Gasteiger partial charge in [-0.15, -0.1) is 21.5 Å². The molecule has 0 spiro atoms. The Balaban J connectivity index is 1.52. The lowest BCUT2D eigenvalue weighted by Crippen LogP contribution is -1.99. The number of thiazole rings is 1. The standard InChI is InChI=1S/C19H13ClN6S2/c20-14-1-3-16(4-2-14)26-17(13-5-7-21-8-6-13)23-24-19(26)28-12-15-11-25-9-10-27-18(25)22-15/h1-11H,12H2. The van der Waals surface area contributed by atoms with Crippen molar-refractivity contribution in [1.82, 2.24) is 29.1 Å². The number of hydrogen-bond acceptors (Lipinski definition) is 6. The summed E-state index contributed by atoms with van der Waals surface area (Å²) in [5, 5.41) is 12.4. The third kappa shape index (κ3) is 3.30. The molecule has 0 N–H and O–H groups in total. The molecule has 4 aromatic heterocycles. The number of nitrogens with zero attached hydrogens (tertiary/aromatic N) is 6. The van der Waals surface area contributed by atoms with E-state index in [0.29, 0.717) is 10.8 Å². The summed E-state index contributed by atoms with van der Waals surface area (Å²) in [6, 6.07) is 11.5. The van der Waals surface area contributed by atoms with Crippen LogP contribution in [0, 0.1) is 0 Å². The van der Waals surface area contributed by atoms with Crippen LogP contribution in [0.1, 0.15) is 5.69 Å². The van der Waals surface area contributed by atoms with Crippen LogP contribution in [0.15, 0.2) is 71.7 Å². The molecule has 5 aromatic rings. The van der Waals surface area contributed by atoms with E-state index in [-0.39, 0.29) is 0 Å². The number of halogens is 1. The maximum atomic E-state index is 6.08. The highest BCUT2D eigenvalue weighted by Gasteiger charge is 2.17. The van der Waals surface area contributed by atoms with Gasteiger partial charge in [-0.3, -0.25) is 14.0 Å². The van der Waals surface area contributed by atoms with E-state index in [0.717, 1.165) is 32.9 Å². The zero-order valence-electron chi connectivity index (χ0n) is 14.4.